The Bertz CT molecular complexity index is 718. The Hall–Kier alpha value is -1.79. The summed E-state index contributed by atoms with van der Waals surface area (Å²) in [6.45, 7) is 9.85. The van der Waals surface area contributed by atoms with E-state index in [2.05, 4.69) is 10.2 Å². The maximum absolute atomic E-state index is 12.9. The van der Waals surface area contributed by atoms with Crippen LogP contribution in [-0.2, 0) is 14.3 Å². The molecular formula is C21H30ClN3O3. The number of hydrogen-bond donors (Lipinski definition) is 1. The lowest BCUT2D eigenvalue weighted by atomic mass is 9.90. The van der Waals surface area contributed by atoms with Crippen LogP contribution in [0.5, 0.6) is 0 Å². The summed E-state index contributed by atoms with van der Waals surface area (Å²) in [4.78, 5) is 29.4. The van der Waals surface area contributed by atoms with Crippen molar-refractivity contribution in [1.29, 1.82) is 0 Å². The van der Waals surface area contributed by atoms with Gasteiger partial charge in [-0.2, -0.15) is 0 Å². The lowest BCUT2D eigenvalue weighted by Crippen LogP contribution is -2.45. The molecule has 2 fully saturated rings. The molecule has 1 aromatic rings. The van der Waals surface area contributed by atoms with Crippen molar-refractivity contribution >= 4 is 34.8 Å². The predicted molar refractivity (Wildman–Crippen MR) is 112 cm³/mol. The Morgan fingerprint density at radius 1 is 1.11 bits per heavy atom. The number of piperidine rings is 1. The second kappa shape index (κ2) is 8.70. The first-order valence-electron chi connectivity index (χ1n) is 9.99. The zero-order chi connectivity index (χ0) is 20.3. The number of carbonyl (C=O) groups excluding carboxylic acids is 2. The van der Waals surface area contributed by atoms with Gasteiger partial charge in [0.1, 0.15) is 0 Å². The highest BCUT2D eigenvalue weighted by molar-refractivity contribution is 6.34. The van der Waals surface area contributed by atoms with Crippen LogP contribution < -0.4 is 10.2 Å². The number of morpholine rings is 1. The standard InChI is InChI=1S/C21H30ClN3O3/c1-21(2,3)20(27)25-9-7-15(8-10-25)19(26)23-17-6-4-5-16(22)18(17)24-11-13-28-14-12-24/h4-6,15H,7-14H2,1-3H3,(H,23,26). The number of amides is 2. The predicted octanol–water partition coefficient (Wildman–Crippen LogP) is 3.40. The van der Waals surface area contributed by atoms with Crippen molar-refractivity contribution in [2.75, 3.05) is 49.6 Å². The minimum atomic E-state index is -0.386. The molecule has 0 atom stereocenters. The topological polar surface area (TPSA) is 61.9 Å². The van der Waals surface area contributed by atoms with Crippen LogP contribution in [0.25, 0.3) is 0 Å². The van der Waals surface area contributed by atoms with Crippen molar-refractivity contribution in [2.24, 2.45) is 11.3 Å². The van der Waals surface area contributed by atoms with Crippen LogP contribution in [0.2, 0.25) is 5.02 Å². The molecule has 1 N–H and O–H groups in total. The molecular weight excluding hydrogens is 378 g/mol. The third-order valence-corrected chi connectivity index (χ3v) is 5.67. The number of benzene rings is 1. The normalized spacial score (nSPS) is 18.9. The number of nitrogens with one attached hydrogen (secondary N) is 1. The Morgan fingerprint density at radius 3 is 2.36 bits per heavy atom. The number of rotatable bonds is 3. The molecule has 3 rings (SSSR count). The van der Waals surface area contributed by atoms with Gasteiger partial charge < -0.3 is 19.9 Å². The van der Waals surface area contributed by atoms with Gasteiger partial charge in [0.15, 0.2) is 0 Å². The lowest BCUT2D eigenvalue weighted by Gasteiger charge is -2.35. The van der Waals surface area contributed by atoms with E-state index in [0.29, 0.717) is 44.2 Å². The molecule has 0 unspecified atom stereocenters. The van der Waals surface area contributed by atoms with Crippen LogP contribution in [0.4, 0.5) is 11.4 Å². The van der Waals surface area contributed by atoms with Crippen molar-refractivity contribution in [3.63, 3.8) is 0 Å². The summed E-state index contributed by atoms with van der Waals surface area (Å²) in [6.07, 6.45) is 1.36. The van der Waals surface area contributed by atoms with Crippen molar-refractivity contribution in [3.05, 3.63) is 23.2 Å². The summed E-state index contributed by atoms with van der Waals surface area (Å²) in [7, 11) is 0. The number of likely N-dealkylation sites (tertiary alicyclic amines) is 1. The van der Waals surface area contributed by atoms with Crippen LogP contribution in [0.15, 0.2) is 18.2 Å². The number of ether oxygens (including phenoxy) is 1. The highest BCUT2D eigenvalue weighted by Gasteiger charge is 2.32. The van der Waals surface area contributed by atoms with E-state index in [4.69, 9.17) is 16.3 Å². The second-order valence-electron chi connectivity index (χ2n) is 8.54. The molecule has 28 heavy (non-hydrogen) atoms. The van der Waals surface area contributed by atoms with E-state index >= 15 is 0 Å². The van der Waals surface area contributed by atoms with E-state index in [1.807, 2.05) is 43.9 Å². The summed E-state index contributed by atoms with van der Waals surface area (Å²) in [5, 5.41) is 3.71. The van der Waals surface area contributed by atoms with E-state index in [9.17, 15) is 9.59 Å². The quantitative estimate of drug-likeness (QED) is 0.834. The minimum Gasteiger partial charge on any atom is -0.378 e. The third kappa shape index (κ3) is 4.78. The maximum Gasteiger partial charge on any atom is 0.227 e. The number of anilines is 2. The molecule has 0 radical (unpaired) electrons. The molecule has 154 valence electrons. The number of halogens is 1. The Kier molecular flexibility index (Phi) is 6.50. The first-order chi connectivity index (χ1) is 13.3. The molecule has 2 aliphatic rings. The minimum absolute atomic E-state index is 0.000339. The molecule has 0 aromatic heterocycles. The molecule has 2 amide bonds. The zero-order valence-electron chi connectivity index (χ0n) is 17.0. The van der Waals surface area contributed by atoms with Crippen LogP contribution in [0, 0.1) is 11.3 Å². The Balaban J connectivity index is 1.64. The van der Waals surface area contributed by atoms with Gasteiger partial charge in [-0.25, -0.2) is 0 Å². The van der Waals surface area contributed by atoms with Gasteiger partial charge in [-0.1, -0.05) is 38.4 Å². The maximum atomic E-state index is 12.9. The van der Waals surface area contributed by atoms with Crippen molar-refractivity contribution in [1.82, 2.24) is 4.90 Å². The Morgan fingerprint density at radius 2 is 1.75 bits per heavy atom. The van der Waals surface area contributed by atoms with E-state index in [1.54, 1.807) is 0 Å². The fourth-order valence-electron chi connectivity index (χ4n) is 3.78. The number of para-hydroxylation sites is 1. The van der Waals surface area contributed by atoms with Gasteiger partial charge in [-0.05, 0) is 25.0 Å². The van der Waals surface area contributed by atoms with Crippen LogP contribution in [-0.4, -0.2) is 56.1 Å². The molecule has 0 bridgehead atoms. The monoisotopic (exact) mass is 407 g/mol. The van der Waals surface area contributed by atoms with E-state index in [0.717, 1.165) is 24.5 Å². The van der Waals surface area contributed by atoms with Crippen molar-refractivity contribution in [3.8, 4) is 0 Å². The molecule has 6 nitrogen and oxygen atoms in total. The fraction of sp³-hybridized carbons (Fsp3) is 0.619. The highest BCUT2D eigenvalue weighted by atomic mass is 35.5. The zero-order valence-corrected chi connectivity index (χ0v) is 17.7. The molecule has 2 aliphatic heterocycles. The van der Waals surface area contributed by atoms with Gasteiger partial charge in [0.2, 0.25) is 11.8 Å². The van der Waals surface area contributed by atoms with E-state index in [1.165, 1.54) is 0 Å². The smallest absolute Gasteiger partial charge is 0.227 e. The van der Waals surface area contributed by atoms with Crippen molar-refractivity contribution < 1.29 is 14.3 Å². The molecule has 1 aromatic carbocycles. The summed E-state index contributed by atoms with van der Waals surface area (Å²) < 4.78 is 5.43. The lowest BCUT2D eigenvalue weighted by molar-refractivity contribution is -0.142. The fourth-order valence-corrected chi connectivity index (χ4v) is 4.07. The van der Waals surface area contributed by atoms with Gasteiger partial charge in [0.25, 0.3) is 0 Å². The van der Waals surface area contributed by atoms with Gasteiger partial charge in [-0.15, -0.1) is 0 Å². The van der Waals surface area contributed by atoms with Gasteiger partial charge >= 0.3 is 0 Å². The summed E-state index contributed by atoms with van der Waals surface area (Å²) in [5.74, 6) is 0.0518. The molecule has 0 spiro atoms. The Labute approximate surface area is 172 Å². The number of carbonyl (C=O) groups is 2. The first kappa shape index (κ1) is 20.9. The van der Waals surface area contributed by atoms with Crippen LogP contribution in [0.3, 0.4) is 0 Å². The summed E-state index contributed by atoms with van der Waals surface area (Å²) in [5.41, 5.74) is 1.22. The van der Waals surface area contributed by atoms with Crippen LogP contribution in [0.1, 0.15) is 33.6 Å². The van der Waals surface area contributed by atoms with Crippen LogP contribution >= 0.6 is 11.6 Å². The highest BCUT2D eigenvalue weighted by Crippen LogP contribution is 2.35. The largest absolute Gasteiger partial charge is 0.378 e. The van der Waals surface area contributed by atoms with E-state index in [-0.39, 0.29) is 23.1 Å². The first-order valence-corrected chi connectivity index (χ1v) is 10.4. The summed E-state index contributed by atoms with van der Waals surface area (Å²) in [6, 6.07) is 5.60. The molecule has 2 heterocycles. The van der Waals surface area contributed by atoms with Crippen molar-refractivity contribution in [2.45, 2.75) is 33.6 Å². The van der Waals surface area contributed by atoms with Gasteiger partial charge in [-0.3, -0.25) is 9.59 Å². The molecule has 0 saturated carbocycles. The molecule has 0 aliphatic carbocycles. The van der Waals surface area contributed by atoms with E-state index < -0.39 is 0 Å². The average Bonchev–Trinajstić information content (AvgIpc) is 2.67. The second-order valence-corrected chi connectivity index (χ2v) is 8.95. The SMILES string of the molecule is CC(C)(C)C(=O)N1CCC(C(=O)Nc2cccc(Cl)c2N2CCOCC2)CC1. The number of nitrogens with zero attached hydrogens (tertiary/aromatic N) is 2. The molecule has 7 heteroatoms. The third-order valence-electron chi connectivity index (χ3n) is 5.37. The van der Waals surface area contributed by atoms with Gasteiger partial charge in [0.05, 0.1) is 29.6 Å². The molecule has 2 saturated heterocycles. The number of hydrogen-bond acceptors (Lipinski definition) is 4. The summed E-state index contributed by atoms with van der Waals surface area (Å²) >= 11 is 6.45. The average molecular weight is 408 g/mol. The van der Waals surface area contributed by atoms with Gasteiger partial charge in [0, 0.05) is 37.5 Å².